The minimum absolute atomic E-state index is 0.0182. The van der Waals surface area contributed by atoms with E-state index < -0.39 is 4.92 Å². The van der Waals surface area contributed by atoms with Crippen molar-refractivity contribution >= 4 is 38.3 Å². The zero-order valence-corrected chi connectivity index (χ0v) is 13.0. The van der Waals surface area contributed by atoms with Gasteiger partial charge in [0.2, 0.25) is 0 Å². The van der Waals surface area contributed by atoms with E-state index in [4.69, 9.17) is 0 Å². The van der Waals surface area contributed by atoms with Gasteiger partial charge in [-0.2, -0.15) is 0 Å². The number of nitro benzene ring substituents is 1. The average Bonchev–Trinajstić information content (AvgIpc) is 3.07. The molecular weight excluding hydrogens is 314 g/mol. The van der Waals surface area contributed by atoms with Gasteiger partial charge >= 0.3 is 0 Å². The fraction of sp³-hybridized carbons (Fsp3) is 0.125. The number of thiazole rings is 1. The van der Waals surface area contributed by atoms with Crippen molar-refractivity contribution in [3.63, 3.8) is 0 Å². The summed E-state index contributed by atoms with van der Waals surface area (Å²) in [5, 5.41) is 11.7. The maximum absolute atomic E-state index is 12.6. The number of hydrogen-bond acceptors (Lipinski definition) is 5. The highest BCUT2D eigenvalue weighted by atomic mass is 32.1. The first-order valence-corrected chi connectivity index (χ1v) is 7.81. The Kier molecular flexibility index (Phi) is 2.92. The number of nitro groups is 1. The van der Waals surface area contributed by atoms with Gasteiger partial charge in [-0.3, -0.25) is 19.8 Å². The third-order valence-corrected chi connectivity index (χ3v) is 4.94. The summed E-state index contributed by atoms with van der Waals surface area (Å²) >= 11 is 1.42. The van der Waals surface area contributed by atoms with Gasteiger partial charge in [-0.1, -0.05) is 23.5 Å². The first kappa shape index (κ1) is 13.8. The topological polar surface area (TPSA) is 76.3 Å². The van der Waals surface area contributed by atoms with Crippen molar-refractivity contribution in [2.45, 2.75) is 13.5 Å². The molecule has 1 aliphatic rings. The molecule has 0 spiro atoms. The highest BCUT2D eigenvalue weighted by Crippen LogP contribution is 2.37. The summed E-state index contributed by atoms with van der Waals surface area (Å²) in [6.07, 6.45) is 0. The van der Waals surface area contributed by atoms with E-state index in [9.17, 15) is 14.9 Å². The number of hydrogen-bond donors (Lipinski definition) is 0. The normalized spacial score (nSPS) is 13.6. The number of benzene rings is 2. The molecule has 0 saturated heterocycles. The lowest BCUT2D eigenvalue weighted by atomic mass is 10.1. The van der Waals surface area contributed by atoms with E-state index >= 15 is 0 Å². The molecule has 7 heteroatoms. The number of carbonyl (C=O) groups is 1. The van der Waals surface area contributed by atoms with Crippen LogP contribution >= 0.6 is 11.3 Å². The number of nitrogens with zero attached hydrogens (tertiary/aromatic N) is 3. The number of amides is 1. The monoisotopic (exact) mass is 325 g/mol. The van der Waals surface area contributed by atoms with Gasteiger partial charge in [0.15, 0.2) is 5.13 Å². The number of rotatable bonds is 2. The molecule has 3 aromatic rings. The first-order chi connectivity index (χ1) is 11.0. The van der Waals surface area contributed by atoms with Gasteiger partial charge in [0, 0.05) is 6.07 Å². The molecule has 1 aliphatic heterocycles. The van der Waals surface area contributed by atoms with Gasteiger partial charge in [-0.25, -0.2) is 4.98 Å². The summed E-state index contributed by atoms with van der Waals surface area (Å²) in [6, 6.07) is 10.5. The predicted molar refractivity (Wildman–Crippen MR) is 88.0 cm³/mol. The molecule has 6 nitrogen and oxygen atoms in total. The van der Waals surface area contributed by atoms with Crippen LogP contribution in [0, 0.1) is 17.0 Å². The van der Waals surface area contributed by atoms with Crippen molar-refractivity contribution in [1.29, 1.82) is 0 Å². The van der Waals surface area contributed by atoms with E-state index in [1.807, 2.05) is 25.1 Å². The maximum atomic E-state index is 12.6. The summed E-state index contributed by atoms with van der Waals surface area (Å²) in [4.78, 5) is 29.3. The summed E-state index contributed by atoms with van der Waals surface area (Å²) in [6.45, 7) is 2.18. The molecule has 0 bridgehead atoms. The van der Waals surface area contributed by atoms with Crippen molar-refractivity contribution in [3.05, 3.63) is 63.2 Å². The molecule has 0 saturated carbocycles. The average molecular weight is 325 g/mol. The Labute approximate surface area is 135 Å². The molecule has 0 radical (unpaired) electrons. The third kappa shape index (κ3) is 2.08. The number of aromatic nitrogens is 1. The van der Waals surface area contributed by atoms with E-state index in [2.05, 4.69) is 4.98 Å². The lowest BCUT2D eigenvalue weighted by molar-refractivity contribution is -0.385. The van der Waals surface area contributed by atoms with Crippen LogP contribution in [-0.2, 0) is 6.54 Å². The van der Waals surface area contributed by atoms with Crippen molar-refractivity contribution in [3.8, 4) is 0 Å². The second-order valence-corrected chi connectivity index (χ2v) is 6.43. The van der Waals surface area contributed by atoms with Crippen molar-refractivity contribution in [1.82, 2.24) is 4.98 Å². The zero-order valence-electron chi connectivity index (χ0n) is 12.1. The van der Waals surface area contributed by atoms with Gasteiger partial charge < -0.3 is 0 Å². The Hall–Kier alpha value is -2.80. The SMILES string of the molecule is Cc1ccc2nc(N3Cc4c(cccc4[N+](=O)[O-])C3=O)sc2c1. The van der Waals surface area contributed by atoms with Crippen molar-refractivity contribution < 1.29 is 9.72 Å². The van der Waals surface area contributed by atoms with E-state index in [-0.39, 0.29) is 18.1 Å². The van der Waals surface area contributed by atoms with Gasteiger partial charge in [-0.05, 0) is 30.7 Å². The zero-order chi connectivity index (χ0) is 16.1. The molecule has 114 valence electrons. The lowest BCUT2D eigenvalue weighted by Gasteiger charge is -2.10. The van der Waals surface area contributed by atoms with Crippen LogP contribution in [0.15, 0.2) is 36.4 Å². The van der Waals surface area contributed by atoms with Crippen LogP contribution < -0.4 is 4.90 Å². The van der Waals surface area contributed by atoms with E-state index in [1.165, 1.54) is 22.3 Å². The van der Waals surface area contributed by atoms with Crippen LogP contribution in [0.25, 0.3) is 10.2 Å². The second-order valence-electron chi connectivity index (χ2n) is 5.42. The van der Waals surface area contributed by atoms with Crippen molar-refractivity contribution in [2.24, 2.45) is 0 Å². The highest BCUT2D eigenvalue weighted by Gasteiger charge is 2.35. The van der Waals surface area contributed by atoms with E-state index in [0.717, 1.165) is 15.8 Å². The van der Waals surface area contributed by atoms with Gasteiger partial charge in [0.25, 0.3) is 11.6 Å². The quantitative estimate of drug-likeness (QED) is 0.532. The first-order valence-electron chi connectivity index (χ1n) is 7.00. The van der Waals surface area contributed by atoms with Gasteiger partial charge in [0.1, 0.15) is 0 Å². The Balaban J connectivity index is 1.80. The molecule has 1 amide bonds. The molecule has 0 N–H and O–H groups in total. The summed E-state index contributed by atoms with van der Waals surface area (Å²) in [5.41, 5.74) is 2.77. The largest absolute Gasteiger partial charge is 0.279 e. The molecule has 0 atom stereocenters. The van der Waals surface area contributed by atoms with Crippen molar-refractivity contribution in [2.75, 3.05) is 4.90 Å². The molecule has 4 rings (SSSR count). The summed E-state index contributed by atoms with van der Waals surface area (Å²) < 4.78 is 0.998. The van der Waals surface area contributed by atoms with Gasteiger partial charge in [-0.15, -0.1) is 0 Å². The number of aryl methyl sites for hydroxylation is 1. The Morgan fingerprint density at radius 3 is 2.91 bits per heavy atom. The van der Waals surface area contributed by atoms with E-state index in [1.54, 1.807) is 12.1 Å². The summed E-state index contributed by atoms with van der Waals surface area (Å²) in [7, 11) is 0. The highest BCUT2D eigenvalue weighted by molar-refractivity contribution is 7.22. The third-order valence-electron chi connectivity index (χ3n) is 3.90. The molecule has 0 aliphatic carbocycles. The standard InChI is InChI=1S/C16H11N3O3S/c1-9-5-6-12-14(7-9)23-16(17-12)18-8-11-10(15(18)20)3-2-4-13(11)19(21)22/h2-7H,8H2,1H3. The molecule has 23 heavy (non-hydrogen) atoms. The molecule has 2 heterocycles. The molecular formula is C16H11N3O3S. The fourth-order valence-electron chi connectivity index (χ4n) is 2.78. The van der Waals surface area contributed by atoms with Crippen LogP contribution in [0.5, 0.6) is 0 Å². The minimum atomic E-state index is -0.447. The molecule has 2 aromatic carbocycles. The Bertz CT molecular complexity index is 980. The molecule has 0 unspecified atom stereocenters. The number of anilines is 1. The minimum Gasteiger partial charge on any atom is -0.279 e. The fourth-order valence-corrected chi connectivity index (χ4v) is 3.84. The maximum Gasteiger partial charge on any atom is 0.275 e. The van der Waals surface area contributed by atoms with Gasteiger partial charge in [0.05, 0.1) is 32.8 Å². The predicted octanol–water partition coefficient (Wildman–Crippen LogP) is 3.67. The lowest BCUT2D eigenvalue weighted by Crippen LogP contribution is -2.22. The second kappa shape index (κ2) is 4.85. The van der Waals surface area contributed by atoms with Crippen LogP contribution in [0.4, 0.5) is 10.8 Å². The number of fused-ring (bicyclic) bond motifs is 2. The summed E-state index contributed by atoms with van der Waals surface area (Å²) in [5.74, 6) is -0.237. The molecule has 0 fully saturated rings. The van der Waals surface area contributed by atoms with Crippen LogP contribution in [0.2, 0.25) is 0 Å². The van der Waals surface area contributed by atoms with E-state index in [0.29, 0.717) is 16.3 Å². The van der Waals surface area contributed by atoms with Crippen LogP contribution in [-0.4, -0.2) is 15.8 Å². The van der Waals surface area contributed by atoms with Crippen LogP contribution in [0.1, 0.15) is 21.5 Å². The Morgan fingerprint density at radius 2 is 2.13 bits per heavy atom. The molecule has 1 aromatic heterocycles. The van der Waals surface area contributed by atoms with Crippen LogP contribution in [0.3, 0.4) is 0 Å². The smallest absolute Gasteiger partial charge is 0.275 e. The number of carbonyl (C=O) groups excluding carboxylic acids is 1. The Morgan fingerprint density at radius 1 is 1.30 bits per heavy atom.